The van der Waals surface area contributed by atoms with Crippen molar-refractivity contribution < 1.29 is 19.1 Å². The van der Waals surface area contributed by atoms with E-state index >= 15 is 0 Å². The van der Waals surface area contributed by atoms with Crippen LogP contribution >= 0.6 is 7.60 Å². The van der Waals surface area contributed by atoms with Crippen LogP contribution in [-0.4, -0.2) is 43.4 Å². The predicted octanol–water partition coefficient (Wildman–Crippen LogP) is -2.40. The molecule has 0 fully saturated rings. The normalized spacial score (nSPS) is 9.75. The molecule has 0 aromatic rings. The zero-order chi connectivity index (χ0) is 6.08. The third kappa shape index (κ3) is 5.03. The van der Waals surface area contributed by atoms with Crippen LogP contribution in [0.2, 0.25) is 0 Å². The standard InChI is InChI=1S/CH4NO4P.Ca/c2-1(3)7(4,5)6;/h(H2,2,3)(H2,4,5,6);/q;+2/p-2. The number of nitrogens with two attached hydrogens (primary N) is 1. The van der Waals surface area contributed by atoms with Crippen LogP contribution in [-0.2, 0) is 4.57 Å². The van der Waals surface area contributed by atoms with E-state index in [-0.39, 0.29) is 37.7 Å². The summed E-state index contributed by atoms with van der Waals surface area (Å²) in [5.41, 5.74) is 2.23. The summed E-state index contributed by atoms with van der Waals surface area (Å²) in [6.45, 7) is 0. The van der Waals surface area contributed by atoms with E-state index in [1.807, 2.05) is 0 Å². The first-order valence-electron chi connectivity index (χ1n) is 1.26. The molecule has 2 N–H and O–H groups in total. The van der Waals surface area contributed by atoms with Crippen LogP contribution in [0.1, 0.15) is 0 Å². The molecule has 0 saturated carbocycles. The molecule has 0 unspecified atom stereocenters. The van der Waals surface area contributed by atoms with Crippen molar-refractivity contribution in [3.8, 4) is 0 Å². The van der Waals surface area contributed by atoms with E-state index in [1.54, 1.807) is 0 Å². The average Bonchev–Trinajstić information content (AvgIpc) is 1.31. The SMILES string of the molecule is NC(=O)P(=O)([O-])[O-].[Ca+2]. The zero-order valence-corrected chi connectivity index (χ0v) is 6.97. The molecule has 0 aliphatic carbocycles. The maximum Gasteiger partial charge on any atom is 2.00 e. The van der Waals surface area contributed by atoms with Crippen molar-refractivity contribution >= 4 is 51.0 Å². The smallest absolute Gasteiger partial charge is 0.804 e. The summed E-state index contributed by atoms with van der Waals surface area (Å²) in [5, 5.41) is 0. The maximum atomic E-state index is 9.35. The number of primary amides is 1. The van der Waals surface area contributed by atoms with E-state index in [1.165, 1.54) is 0 Å². The molecule has 8 heavy (non-hydrogen) atoms. The Morgan fingerprint density at radius 1 is 1.50 bits per heavy atom. The van der Waals surface area contributed by atoms with Gasteiger partial charge in [0.25, 0.3) is 0 Å². The molecule has 0 heterocycles. The fourth-order valence-corrected chi connectivity index (χ4v) is 0. The summed E-state index contributed by atoms with van der Waals surface area (Å²) in [7, 11) is -5.10. The van der Waals surface area contributed by atoms with Crippen molar-refractivity contribution in [2.75, 3.05) is 0 Å². The van der Waals surface area contributed by atoms with Gasteiger partial charge in [-0.05, 0) is 0 Å². The molecule has 0 atom stereocenters. The Balaban J connectivity index is 0. The Morgan fingerprint density at radius 3 is 1.62 bits per heavy atom. The van der Waals surface area contributed by atoms with Crippen LogP contribution in [0, 0.1) is 0 Å². The predicted molar refractivity (Wildman–Crippen MR) is 22.9 cm³/mol. The number of carbonyl (C=O) groups excluding carboxylic acids is 1. The molecular weight excluding hydrogens is 161 g/mol. The van der Waals surface area contributed by atoms with Crippen LogP contribution in [0.3, 0.4) is 0 Å². The number of carbonyl (C=O) groups is 1. The van der Waals surface area contributed by atoms with Gasteiger partial charge in [0.1, 0.15) is 0 Å². The monoisotopic (exact) mass is 163 g/mol. The van der Waals surface area contributed by atoms with Crippen LogP contribution in [0.15, 0.2) is 0 Å². The Kier molecular flexibility index (Phi) is 5.56. The van der Waals surface area contributed by atoms with Crippen molar-refractivity contribution in [1.82, 2.24) is 0 Å². The van der Waals surface area contributed by atoms with Gasteiger partial charge in [0.2, 0.25) is 5.65 Å². The maximum absolute atomic E-state index is 9.35. The van der Waals surface area contributed by atoms with Crippen LogP contribution in [0.25, 0.3) is 0 Å². The summed E-state index contributed by atoms with van der Waals surface area (Å²) >= 11 is 0. The van der Waals surface area contributed by atoms with Gasteiger partial charge in [0.15, 0.2) is 0 Å². The van der Waals surface area contributed by atoms with Crippen LogP contribution < -0.4 is 15.5 Å². The Hall–Kier alpha value is 0.880. The van der Waals surface area contributed by atoms with Gasteiger partial charge in [-0.3, -0.25) is 4.79 Å². The molecule has 1 amide bonds. The second-order valence-corrected chi connectivity index (χ2v) is 2.27. The molecule has 42 valence electrons. The quantitative estimate of drug-likeness (QED) is 0.343. The number of hydrogen-bond donors (Lipinski definition) is 1. The van der Waals surface area contributed by atoms with Crippen molar-refractivity contribution in [2.24, 2.45) is 5.73 Å². The van der Waals surface area contributed by atoms with Crippen molar-refractivity contribution in [2.45, 2.75) is 0 Å². The van der Waals surface area contributed by atoms with E-state index < -0.39 is 13.2 Å². The summed E-state index contributed by atoms with van der Waals surface area (Å²) < 4.78 is 9.33. The van der Waals surface area contributed by atoms with Gasteiger partial charge in [0, 0.05) is 7.60 Å². The average molecular weight is 163 g/mol. The van der Waals surface area contributed by atoms with E-state index in [0.717, 1.165) is 0 Å². The second kappa shape index (κ2) is 3.82. The summed E-state index contributed by atoms with van der Waals surface area (Å²) in [4.78, 5) is 28.0. The molecule has 0 aliphatic heterocycles. The minimum absolute atomic E-state index is 0. The number of amides is 1. The molecule has 0 saturated heterocycles. The molecule has 7 heteroatoms. The van der Waals surface area contributed by atoms with Gasteiger partial charge in [-0.25, -0.2) is 0 Å². The van der Waals surface area contributed by atoms with Crippen molar-refractivity contribution in [3.05, 3.63) is 0 Å². The van der Waals surface area contributed by atoms with E-state index in [4.69, 9.17) is 0 Å². The fourth-order valence-electron chi connectivity index (χ4n) is 0. The van der Waals surface area contributed by atoms with Crippen LogP contribution in [0.5, 0.6) is 0 Å². The van der Waals surface area contributed by atoms with E-state index in [9.17, 15) is 19.1 Å². The first-order chi connectivity index (χ1) is 2.94. The molecule has 5 nitrogen and oxygen atoms in total. The summed E-state index contributed by atoms with van der Waals surface area (Å²) in [6, 6.07) is 0. The van der Waals surface area contributed by atoms with Gasteiger partial charge >= 0.3 is 37.7 Å². The zero-order valence-electron chi connectivity index (χ0n) is 3.86. The molecule has 0 rings (SSSR count). The second-order valence-electron chi connectivity index (χ2n) is 0.836. The molecule has 0 spiro atoms. The molecule has 0 aromatic carbocycles. The first-order valence-corrected chi connectivity index (χ1v) is 2.81. The molecule has 0 aromatic heterocycles. The van der Waals surface area contributed by atoms with Crippen LogP contribution in [0.4, 0.5) is 4.79 Å². The number of rotatable bonds is 1. The van der Waals surface area contributed by atoms with Crippen molar-refractivity contribution in [3.63, 3.8) is 0 Å². The van der Waals surface area contributed by atoms with Gasteiger partial charge < -0.3 is 20.1 Å². The third-order valence-electron chi connectivity index (χ3n) is 0.270. The molecule has 0 radical (unpaired) electrons. The van der Waals surface area contributed by atoms with Gasteiger partial charge in [-0.15, -0.1) is 0 Å². The minimum atomic E-state index is -5.10. The third-order valence-corrected chi connectivity index (χ3v) is 0.810. The van der Waals surface area contributed by atoms with Gasteiger partial charge in [-0.1, -0.05) is 0 Å². The van der Waals surface area contributed by atoms with Gasteiger partial charge in [0.05, 0.1) is 0 Å². The molecular formula is CH2CaNO4P. The number of hydrogen-bond acceptors (Lipinski definition) is 4. The van der Waals surface area contributed by atoms with E-state index in [2.05, 4.69) is 5.73 Å². The minimum Gasteiger partial charge on any atom is -0.804 e. The Morgan fingerprint density at radius 2 is 1.62 bits per heavy atom. The topological polar surface area (TPSA) is 106 Å². The van der Waals surface area contributed by atoms with Gasteiger partial charge in [-0.2, -0.15) is 0 Å². The van der Waals surface area contributed by atoms with Crippen molar-refractivity contribution in [1.29, 1.82) is 0 Å². The van der Waals surface area contributed by atoms with E-state index in [0.29, 0.717) is 0 Å². The summed E-state index contributed by atoms with van der Waals surface area (Å²) in [5.74, 6) is 0. The largest absolute Gasteiger partial charge is 2.00 e. The fraction of sp³-hybridized carbons (Fsp3) is 0. The molecule has 0 bridgehead atoms. The molecule has 0 aliphatic rings. The Labute approximate surface area is 75.4 Å². The summed E-state index contributed by atoms with van der Waals surface area (Å²) in [6.07, 6.45) is 0. The first kappa shape index (κ1) is 11.6. The Bertz CT molecular complexity index is 128.